The summed E-state index contributed by atoms with van der Waals surface area (Å²) in [6, 6.07) is 7.92. The summed E-state index contributed by atoms with van der Waals surface area (Å²) in [6.45, 7) is 1.78. The minimum absolute atomic E-state index is 0.244. The molecule has 0 aliphatic carbocycles. The van der Waals surface area contributed by atoms with Crippen LogP contribution in [0.4, 0.5) is 13.2 Å². The van der Waals surface area contributed by atoms with Gasteiger partial charge >= 0.3 is 6.18 Å². The fourth-order valence-corrected chi connectivity index (χ4v) is 1.76. The zero-order chi connectivity index (χ0) is 14.5. The van der Waals surface area contributed by atoms with Crippen molar-refractivity contribution in [2.45, 2.75) is 38.0 Å². The molecule has 1 rings (SSSR count). The fraction of sp³-hybridized carbons (Fsp3) is 0.462. The van der Waals surface area contributed by atoms with Crippen molar-refractivity contribution in [3.8, 4) is 0 Å². The van der Waals surface area contributed by atoms with Gasteiger partial charge in [-0.05, 0) is 18.9 Å². The fourth-order valence-electron chi connectivity index (χ4n) is 1.76. The molecular formula is C13H17F3N2O. The van der Waals surface area contributed by atoms with Crippen LogP contribution in [0.2, 0.25) is 0 Å². The number of rotatable bonds is 6. The van der Waals surface area contributed by atoms with Gasteiger partial charge in [0, 0.05) is 12.5 Å². The Hall–Kier alpha value is -1.56. The summed E-state index contributed by atoms with van der Waals surface area (Å²) in [6.07, 6.45) is -5.67. The van der Waals surface area contributed by atoms with E-state index in [1.54, 1.807) is 6.92 Å². The summed E-state index contributed by atoms with van der Waals surface area (Å²) in [5, 5.41) is 2.83. The van der Waals surface area contributed by atoms with E-state index in [0.29, 0.717) is 0 Å². The van der Waals surface area contributed by atoms with Gasteiger partial charge in [0.15, 0.2) is 0 Å². The molecular weight excluding hydrogens is 257 g/mol. The number of hydrogen-bond acceptors (Lipinski definition) is 2. The predicted octanol–water partition coefficient (Wildman–Crippen LogP) is 2.53. The van der Waals surface area contributed by atoms with Crippen molar-refractivity contribution in [3.63, 3.8) is 0 Å². The topological polar surface area (TPSA) is 55.1 Å². The number of carbonyl (C=O) groups is 1. The van der Waals surface area contributed by atoms with Crippen molar-refractivity contribution < 1.29 is 18.0 Å². The third kappa shape index (κ3) is 5.74. The van der Waals surface area contributed by atoms with E-state index in [-0.39, 0.29) is 12.5 Å². The first-order valence-corrected chi connectivity index (χ1v) is 5.96. The van der Waals surface area contributed by atoms with E-state index in [1.165, 1.54) is 0 Å². The van der Waals surface area contributed by atoms with Crippen LogP contribution in [0.1, 0.15) is 31.4 Å². The Morgan fingerprint density at radius 3 is 2.37 bits per heavy atom. The lowest BCUT2D eigenvalue weighted by atomic mass is 10.1. The van der Waals surface area contributed by atoms with Crippen LogP contribution in [0.5, 0.6) is 0 Å². The Kier molecular flexibility index (Phi) is 5.35. The van der Waals surface area contributed by atoms with Crippen molar-refractivity contribution in [3.05, 3.63) is 35.9 Å². The van der Waals surface area contributed by atoms with E-state index in [1.807, 2.05) is 30.3 Å². The molecule has 0 heterocycles. The number of benzene rings is 1. The molecule has 0 saturated carbocycles. The second-order valence-corrected chi connectivity index (χ2v) is 4.41. The van der Waals surface area contributed by atoms with E-state index >= 15 is 0 Å². The molecule has 1 amide bonds. The van der Waals surface area contributed by atoms with Crippen LogP contribution in [0.3, 0.4) is 0 Å². The molecule has 106 valence electrons. The highest BCUT2D eigenvalue weighted by atomic mass is 19.4. The Morgan fingerprint density at radius 2 is 1.89 bits per heavy atom. The quantitative estimate of drug-likeness (QED) is 0.837. The number of primary amides is 1. The highest BCUT2D eigenvalue weighted by Crippen LogP contribution is 2.23. The molecule has 0 bridgehead atoms. The molecule has 1 aromatic carbocycles. The van der Waals surface area contributed by atoms with E-state index in [4.69, 9.17) is 5.73 Å². The average molecular weight is 274 g/mol. The second-order valence-electron chi connectivity index (χ2n) is 4.41. The molecule has 0 aliphatic heterocycles. The minimum atomic E-state index is -4.29. The van der Waals surface area contributed by atoms with Gasteiger partial charge in [-0.3, -0.25) is 10.1 Å². The lowest BCUT2D eigenvalue weighted by molar-refractivity contribution is -0.138. The van der Waals surface area contributed by atoms with Crippen LogP contribution < -0.4 is 11.1 Å². The molecule has 3 N–H and O–H groups in total. The predicted molar refractivity (Wildman–Crippen MR) is 66.3 cm³/mol. The summed E-state index contributed by atoms with van der Waals surface area (Å²) in [5.74, 6) is -0.771. The minimum Gasteiger partial charge on any atom is -0.368 e. The highest BCUT2D eigenvalue weighted by molar-refractivity contribution is 5.79. The van der Waals surface area contributed by atoms with Crippen molar-refractivity contribution >= 4 is 5.91 Å². The van der Waals surface area contributed by atoms with Crippen molar-refractivity contribution in [1.82, 2.24) is 5.32 Å². The summed E-state index contributed by atoms with van der Waals surface area (Å²) < 4.78 is 36.5. The monoisotopic (exact) mass is 274 g/mol. The largest absolute Gasteiger partial charge is 0.389 e. The maximum atomic E-state index is 12.2. The number of amides is 1. The molecule has 19 heavy (non-hydrogen) atoms. The van der Waals surface area contributed by atoms with Crippen LogP contribution in [0, 0.1) is 0 Å². The second kappa shape index (κ2) is 6.56. The lowest BCUT2D eigenvalue weighted by Gasteiger charge is -2.21. The third-order valence-electron chi connectivity index (χ3n) is 2.81. The number of nitrogens with one attached hydrogen (secondary N) is 1. The van der Waals surface area contributed by atoms with Crippen molar-refractivity contribution in [2.24, 2.45) is 5.73 Å². The van der Waals surface area contributed by atoms with Crippen molar-refractivity contribution in [2.75, 3.05) is 0 Å². The maximum Gasteiger partial charge on any atom is 0.389 e. The SMILES string of the molecule is C[C@@H](NC(CCC(F)(F)F)C(N)=O)c1ccccc1. The van der Waals surface area contributed by atoms with E-state index in [9.17, 15) is 18.0 Å². The molecule has 2 atom stereocenters. The number of alkyl halides is 3. The Balaban J connectivity index is 2.61. The molecule has 1 aromatic rings. The standard InChI is InChI=1S/C13H17F3N2O/c1-9(10-5-3-2-4-6-10)18-11(12(17)19)7-8-13(14,15)16/h2-6,9,11,18H,7-8H2,1H3,(H2,17,19)/t9-,11?/m1/s1. The zero-order valence-electron chi connectivity index (χ0n) is 10.6. The van der Waals surface area contributed by atoms with E-state index in [0.717, 1.165) is 5.56 Å². The van der Waals surface area contributed by atoms with Gasteiger partial charge in [0.1, 0.15) is 0 Å². The third-order valence-corrected chi connectivity index (χ3v) is 2.81. The Morgan fingerprint density at radius 1 is 1.32 bits per heavy atom. The van der Waals surface area contributed by atoms with Crippen LogP contribution >= 0.6 is 0 Å². The molecule has 0 fully saturated rings. The summed E-state index contributed by atoms with van der Waals surface area (Å²) in [5.41, 5.74) is 6.01. The van der Waals surface area contributed by atoms with E-state index in [2.05, 4.69) is 5.32 Å². The number of carbonyl (C=O) groups excluding carboxylic acids is 1. The van der Waals surface area contributed by atoms with Crippen molar-refractivity contribution in [1.29, 1.82) is 0 Å². The molecule has 0 spiro atoms. The lowest BCUT2D eigenvalue weighted by Crippen LogP contribution is -2.43. The zero-order valence-corrected chi connectivity index (χ0v) is 10.6. The number of halogens is 3. The Bertz CT molecular complexity index is 406. The van der Waals surface area contributed by atoms with Gasteiger partial charge in [-0.1, -0.05) is 30.3 Å². The molecule has 0 aliphatic rings. The summed E-state index contributed by atoms with van der Waals surface area (Å²) in [4.78, 5) is 11.2. The van der Waals surface area contributed by atoms with E-state index < -0.39 is 24.5 Å². The molecule has 6 heteroatoms. The van der Waals surface area contributed by atoms with Crippen LogP contribution in [0.15, 0.2) is 30.3 Å². The van der Waals surface area contributed by atoms with Gasteiger partial charge in [-0.15, -0.1) is 0 Å². The first kappa shape index (κ1) is 15.5. The summed E-state index contributed by atoms with van der Waals surface area (Å²) >= 11 is 0. The first-order valence-electron chi connectivity index (χ1n) is 5.96. The van der Waals surface area contributed by atoms with Gasteiger partial charge in [0.05, 0.1) is 6.04 Å². The number of nitrogens with two attached hydrogens (primary N) is 1. The molecule has 1 unspecified atom stereocenters. The molecule has 3 nitrogen and oxygen atoms in total. The van der Waals surface area contributed by atoms with Gasteiger partial charge < -0.3 is 5.73 Å². The number of hydrogen-bond donors (Lipinski definition) is 2. The Labute approximate surface area is 110 Å². The van der Waals surface area contributed by atoms with Gasteiger partial charge in [0.25, 0.3) is 0 Å². The first-order chi connectivity index (χ1) is 8.79. The molecule has 0 saturated heterocycles. The van der Waals surface area contributed by atoms with Crippen LogP contribution in [-0.2, 0) is 4.79 Å². The van der Waals surface area contributed by atoms with Crippen LogP contribution in [-0.4, -0.2) is 18.1 Å². The molecule has 0 aromatic heterocycles. The smallest absolute Gasteiger partial charge is 0.368 e. The summed E-state index contributed by atoms with van der Waals surface area (Å²) in [7, 11) is 0. The average Bonchev–Trinajstić information content (AvgIpc) is 2.33. The van der Waals surface area contributed by atoms with Crippen LogP contribution in [0.25, 0.3) is 0 Å². The normalized spacial score (nSPS) is 14.9. The van der Waals surface area contributed by atoms with Gasteiger partial charge in [0.2, 0.25) is 5.91 Å². The highest BCUT2D eigenvalue weighted by Gasteiger charge is 2.30. The van der Waals surface area contributed by atoms with Gasteiger partial charge in [-0.2, -0.15) is 13.2 Å². The molecule has 0 radical (unpaired) electrons. The maximum absolute atomic E-state index is 12.2. The van der Waals surface area contributed by atoms with Gasteiger partial charge in [-0.25, -0.2) is 0 Å².